The van der Waals surface area contributed by atoms with Crippen LogP contribution in [0.5, 0.6) is 0 Å². The summed E-state index contributed by atoms with van der Waals surface area (Å²) in [6.07, 6.45) is 0. The fourth-order valence-electron chi connectivity index (χ4n) is 7.34. The largest absolute Gasteiger partial charge is 1.00 e. The molecule has 3 nitrogen and oxygen atoms in total. The van der Waals surface area contributed by atoms with E-state index in [4.69, 9.17) is 9.47 Å². The van der Waals surface area contributed by atoms with Crippen LogP contribution >= 0.6 is 0 Å². The Hall–Kier alpha value is -4.22. The minimum atomic E-state index is -1.55. The fraction of sp³-hybridized carbons (Fsp3) is 0.200. The van der Waals surface area contributed by atoms with Crippen LogP contribution in [0.4, 0.5) is 26.3 Å². The first-order valence-corrected chi connectivity index (χ1v) is 15.9. The third-order valence-electron chi connectivity index (χ3n) is 9.68. The molecule has 1 aliphatic heterocycles. The van der Waals surface area contributed by atoms with Gasteiger partial charge in [0.2, 0.25) is 0 Å². The molecule has 0 radical (unpaired) electrons. The van der Waals surface area contributed by atoms with Gasteiger partial charge in [0.05, 0.1) is 13.2 Å². The zero-order chi connectivity index (χ0) is 34.4. The molecule has 0 unspecified atom stereocenters. The number of hydrogen-bond acceptors (Lipinski definition) is 2. The minimum Gasteiger partial charge on any atom is -1.00 e. The summed E-state index contributed by atoms with van der Waals surface area (Å²) in [5.41, 5.74) is 4.45. The normalized spacial score (nSPS) is 13.5. The smallest absolute Gasteiger partial charge is 0.194 e. The highest BCUT2D eigenvalue weighted by Gasteiger charge is 2.38. The second kappa shape index (κ2) is 14.2. The molecule has 0 aliphatic carbocycles. The summed E-state index contributed by atoms with van der Waals surface area (Å²) < 4.78 is 99.6. The van der Waals surface area contributed by atoms with E-state index in [-0.39, 0.29) is 28.1 Å². The van der Waals surface area contributed by atoms with Crippen molar-refractivity contribution >= 4 is 21.5 Å². The van der Waals surface area contributed by atoms with Gasteiger partial charge in [-0.05, 0) is 80.2 Å². The summed E-state index contributed by atoms with van der Waals surface area (Å²) in [4.78, 5) is 0. The lowest BCUT2D eigenvalue weighted by Gasteiger charge is -2.39. The van der Waals surface area contributed by atoms with Crippen molar-refractivity contribution < 1.29 is 57.3 Å². The molecule has 0 saturated heterocycles. The standard InChI is InChI=1S/C40H32F6NO2.BrH/c1-48-13-11-47(12-14-49-2)21-31-29(25-17-33(41)39(45)34(42)18-25)15-23-7-3-5-9-27(23)37(31)38-28-10-6-4-8-24(28)16-30(32(38)22-47)26-19-35(43)40(46)36(44)20-26;/h3-10,15-20H,11-14,21-22H2,1-2H3;1H/q+1;/p-1. The van der Waals surface area contributed by atoms with Crippen LogP contribution in [0.3, 0.4) is 0 Å². The van der Waals surface area contributed by atoms with Crippen molar-refractivity contribution in [2.75, 3.05) is 40.5 Å². The second-order valence-electron chi connectivity index (χ2n) is 12.6. The Morgan fingerprint density at radius 3 is 1.26 bits per heavy atom. The number of quaternary nitrogens is 1. The van der Waals surface area contributed by atoms with Crippen molar-refractivity contribution in [3.63, 3.8) is 0 Å². The first kappa shape index (κ1) is 35.6. The molecule has 1 heterocycles. The van der Waals surface area contributed by atoms with E-state index in [0.717, 1.165) is 68.1 Å². The van der Waals surface area contributed by atoms with E-state index in [1.54, 1.807) is 14.2 Å². The summed E-state index contributed by atoms with van der Waals surface area (Å²) in [5.74, 6) is -8.34. The van der Waals surface area contributed by atoms with Crippen LogP contribution in [0.15, 0.2) is 84.9 Å². The highest BCUT2D eigenvalue weighted by Crippen LogP contribution is 2.50. The van der Waals surface area contributed by atoms with Gasteiger partial charge in [-0.2, -0.15) is 0 Å². The maximum Gasteiger partial charge on any atom is 0.194 e. The van der Waals surface area contributed by atoms with Gasteiger partial charge in [-0.15, -0.1) is 0 Å². The SMILES string of the molecule is COCC[N+]1(CCOC)Cc2c(-c3cc(F)c(F)c(F)c3)cc3ccccc3c2-c2c(c(-c3cc(F)c(F)c(F)c3)cc3ccccc23)C1.[Br-]. The van der Waals surface area contributed by atoms with E-state index in [1.807, 2.05) is 60.7 Å². The number of nitrogens with zero attached hydrogens (tertiary/aromatic N) is 1. The molecular formula is C40H32BrF6NO2. The molecule has 0 saturated carbocycles. The zero-order valence-corrected chi connectivity index (χ0v) is 28.8. The minimum absolute atomic E-state index is 0. The highest BCUT2D eigenvalue weighted by molar-refractivity contribution is 6.11. The molecule has 7 rings (SSSR count). The molecule has 0 atom stereocenters. The monoisotopic (exact) mass is 751 g/mol. The Morgan fingerprint density at radius 2 is 0.900 bits per heavy atom. The number of rotatable bonds is 8. The van der Waals surface area contributed by atoms with Gasteiger partial charge in [0.1, 0.15) is 26.2 Å². The quantitative estimate of drug-likeness (QED) is 0.0953. The molecule has 258 valence electrons. The van der Waals surface area contributed by atoms with Gasteiger partial charge in [-0.3, -0.25) is 0 Å². The maximum absolute atomic E-state index is 14.9. The van der Waals surface area contributed by atoms with Crippen molar-refractivity contribution in [1.29, 1.82) is 0 Å². The summed E-state index contributed by atoms with van der Waals surface area (Å²) in [6.45, 7) is 2.35. The van der Waals surface area contributed by atoms with E-state index in [2.05, 4.69) is 0 Å². The van der Waals surface area contributed by atoms with Gasteiger partial charge in [0.15, 0.2) is 34.9 Å². The highest BCUT2D eigenvalue weighted by atomic mass is 79.9. The fourth-order valence-corrected chi connectivity index (χ4v) is 7.34. The molecule has 0 N–H and O–H groups in total. The van der Waals surface area contributed by atoms with Gasteiger partial charge in [0.25, 0.3) is 0 Å². The van der Waals surface area contributed by atoms with Crippen molar-refractivity contribution in [3.8, 4) is 33.4 Å². The molecule has 0 spiro atoms. The molecule has 0 bridgehead atoms. The summed E-state index contributed by atoms with van der Waals surface area (Å²) in [6, 6.07) is 23.0. The molecule has 6 aromatic carbocycles. The predicted octanol–water partition coefficient (Wildman–Crippen LogP) is 6.96. The van der Waals surface area contributed by atoms with Gasteiger partial charge < -0.3 is 30.9 Å². The second-order valence-corrected chi connectivity index (χ2v) is 12.6. The molecule has 0 amide bonds. The summed E-state index contributed by atoms with van der Waals surface area (Å²) >= 11 is 0. The number of fused-ring (bicyclic) bond motifs is 7. The summed E-state index contributed by atoms with van der Waals surface area (Å²) in [7, 11) is 3.19. The molecule has 50 heavy (non-hydrogen) atoms. The van der Waals surface area contributed by atoms with Crippen LogP contribution in [-0.4, -0.2) is 45.0 Å². The van der Waals surface area contributed by atoms with Crippen LogP contribution in [-0.2, 0) is 22.6 Å². The van der Waals surface area contributed by atoms with E-state index in [9.17, 15) is 26.3 Å². The average Bonchev–Trinajstić information content (AvgIpc) is 3.25. The molecule has 6 aromatic rings. The van der Waals surface area contributed by atoms with Crippen LogP contribution in [0.1, 0.15) is 11.1 Å². The maximum atomic E-state index is 14.9. The third kappa shape index (κ3) is 6.19. The lowest BCUT2D eigenvalue weighted by molar-refractivity contribution is -0.953. The van der Waals surface area contributed by atoms with E-state index >= 15 is 0 Å². The van der Waals surface area contributed by atoms with Crippen LogP contribution in [0.2, 0.25) is 0 Å². The summed E-state index contributed by atoms with van der Waals surface area (Å²) in [5, 5.41) is 3.24. The van der Waals surface area contributed by atoms with E-state index in [0.29, 0.717) is 55.0 Å². The van der Waals surface area contributed by atoms with Crippen molar-refractivity contribution in [2.45, 2.75) is 13.1 Å². The molecule has 0 fully saturated rings. The predicted molar refractivity (Wildman–Crippen MR) is 179 cm³/mol. The van der Waals surface area contributed by atoms with E-state index < -0.39 is 34.9 Å². The first-order chi connectivity index (χ1) is 23.6. The number of methoxy groups -OCH3 is 2. The lowest BCUT2D eigenvalue weighted by atomic mass is 9.82. The van der Waals surface area contributed by atoms with Crippen molar-refractivity contribution in [2.24, 2.45) is 0 Å². The number of ether oxygens (including phenoxy) is 2. The van der Waals surface area contributed by atoms with Gasteiger partial charge >= 0.3 is 0 Å². The van der Waals surface area contributed by atoms with Gasteiger partial charge in [-0.25, -0.2) is 26.3 Å². The Morgan fingerprint density at radius 1 is 0.540 bits per heavy atom. The Labute approximate surface area is 296 Å². The Bertz CT molecular complexity index is 2050. The van der Waals surface area contributed by atoms with Crippen LogP contribution in [0.25, 0.3) is 54.9 Å². The van der Waals surface area contributed by atoms with E-state index in [1.165, 1.54) is 0 Å². The molecule has 1 aliphatic rings. The average molecular weight is 753 g/mol. The van der Waals surface area contributed by atoms with Crippen LogP contribution in [0, 0.1) is 34.9 Å². The topological polar surface area (TPSA) is 18.5 Å². The zero-order valence-electron chi connectivity index (χ0n) is 27.2. The first-order valence-electron chi connectivity index (χ1n) is 15.9. The Balaban J connectivity index is 0.00000432. The number of halogens is 7. The third-order valence-corrected chi connectivity index (χ3v) is 9.68. The molecule has 10 heteroatoms. The van der Waals surface area contributed by atoms with Gasteiger partial charge in [0, 0.05) is 36.5 Å². The van der Waals surface area contributed by atoms with Crippen molar-refractivity contribution in [3.05, 3.63) is 131 Å². The molecular weight excluding hydrogens is 720 g/mol. The molecule has 0 aromatic heterocycles. The number of benzene rings is 6. The Kier molecular flexibility index (Phi) is 10.1. The number of hydrogen-bond donors (Lipinski definition) is 0. The van der Waals surface area contributed by atoms with Crippen molar-refractivity contribution in [1.82, 2.24) is 0 Å². The lowest BCUT2D eigenvalue weighted by Crippen LogP contribution is -3.00. The van der Waals surface area contributed by atoms with Gasteiger partial charge in [-0.1, -0.05) is 48.5 Å². The van der Waals surface area contributed by atoms with Crippen LogP contribution < -0.4 is 17.0 Å².